The molecule has 1 atom stereocenters. The smallest absolute Gasteiger partial charge is 0.407 e. The van der Waals surface area contributed by atoms with Crippen LogP contribution in [0.1, 0.15) is 26.3 Å². The summed E-state index contributed by atoms with van der Waals surface area (Å²) in [6, 6.07) is 7.58. The molecule has 0 bridgehead atoms. The molecule has 1 aromatic carbocycles. The predicted octanol–water partition coefficient (Wildman–Crippen LogP) is 2.52. The summed E-state index contributed by atoms with van der Waals surface area (Å²) >= 11 is 0. The fourth-order valence-electron chi connectivity index (χ4n) is 2.37. The second-order valence-corrected chi connectivity index (χ2v) is 6.83. The van der Waals surface area contributed by atoms with Crippen LogP contribution in [-0.4, -0.2) is 39.2 Å². The highest BCUT2D eigenvalue weighted by atomic mass is 16.6. The third-order valence-corrected chi connectivity index (χ3v) is 3.39. The summed E-state index contributed by atoms with van der Waals surface area (Å²) in [4.78, 5) is 11.9. The molecule has 0 aliphatic heterocycles. The molecule has 24 heavy (non-hydrogen) atoms. The Balaban J connectivity index is 2.04. The lowest BCUT2D eigenvalue weighted by atomic mass is 10.0. The lowest BCUT2D eigenvalue weighted by Crippen LogP contribution is -2.42. The van der Waals surface area contributed by atoms with Crippen molar-refractivity contribution in [1.82, 2.24) is 15.1 Å². The van der Waals surface area contributed by atoms with Crippen molar-refractivity contribution in [3.63, 3.8) is 0 Å². The average molecular weight is 331 g/mol. The molecule has 0 aliphatic rings. The van der Waals surface area contributed by atoms with Crippen molar-refractivity contribution in [2.24, 2.45) is 7.05 Å². The molecule has 1 amide bonds. The van der Waals surface area contributed by atoms with Crippen molar-refractivity contribution in [3.8, 4) is 11.1 Å². The zero-order valence-electron chi connectivity index (χ0n) is 14.6. The first kappa shape index (κ1) is 18.0. The first-order valence-electron chi connectivity index (χ1n) is 7.95. The van der Waals surface area contributed by atoms with Crippen LogP contribution in [0.15, 0.2) is 36.7 Å². The molecule has 1 heterocycles. The molecule has 0 unspecified atom stereocenters. The maximum absolute atomic E-state index is 11.9. The molecule has 0 spiro atoms. The molecule has 2 N–H and O–H groups in total. The van der Waals surface area contributed by atoms with Gasteiger partial charge < -0.3 is 15.2 Å². The van der Waals surface area contributed by atoms with Gasteiger partial charge in [-0.05, 0) is 38.3 Å². The van der Waals surface area contributed by atoms with E-state index in [0.717, 1.165) is 16.7 Å². The van der Waals surface area contributed by atoms with Crippen LogP contribution in [0.25, 0.3) is 11.1 Å². The van der Waals surface area contributed by atoms with Crippen molar-refractivity contribution in [3.05, 3.63) is 42.2 Å². The highest BCUT2D eigenvalue weighted by molar-refractivity contribution is 5.68. The van der Waals surface area contributed by atoms with Crippen LogP contribution in [0.3, 0.4) is 0 Å². The number of hydrogen-bond acceptors (Lipinski definition) is 4. The van der Waals surface area contributed by atoms with Crippen LogP contribution in [0.4, 0.5) is 4.79 Å². The van der Waals surface area contributed by atoms with Crippen LogP contribution in [0.2, 0.25) is 0 Å². The number of benzene rings is 1. The van der Waals surface area contributed by atoms with Gasteiger partial charge in [-0.3, -0.25) is 4.68 Å². The number of amides is 1. The fraction of sp³-hybridized carbons (Fsp3) is 0.444. The number of nitrogens with zero attached hydrogens (tertiary/aromatic N) is 2. The largest absolute Gasteiger partial charge is 0.444 e. The summed E-state index contributed by atoms with van der Waals surface area (Å²) in [6.07, 6.45) is 3.75. The summed E-state index contributed by atoms with van der Waals surface area (Å²) in [5.41, 5.74) is 2.53. The van der Waals surface area contributed by atoms with Crippen LogP contribution >= 0.6 is 0 Å². The van der Waals surface area contributed by atoms with Crippen molar-refractivity contribution in [2.75, 3.05) is 6.61 Å². The van der Waals surface area contributed by atoms with E-state index in [2.05, 4.69) is 10.4 Å². The maximum atomic E-state index is 11.9. The van der Waals surface area contributed by atoms with E-state index in [1.807, 2.05) is 43.7 Å². The lowest BCUT2D eigenvalue weighted by molar-refractivity contribution is 0.0483. The van der Waals surface area contributed by atoms with E-state index in [1.54, 1.807) is 25.5 Å². The zero-order valence-corrected chi connectivity index (χ0v) is 14.6. The summed E-state index contributed by atoms with van der Waals surface area (Å²) in [7, 11) is 1.87. The van der Waals surface area contributed by atoms with Gasteiger partial charge in [0.15, 0.2) is 0 Å². The summed E-state index contributed by atoms with van der Waals surface area (Å²) in [6.45, 7) is 5.25. The minimum Gasteiger partial charge on any atom is -0.444 e. The van der Waals surface area contributed by atoms with Gasteiger partial charge in [-0.2, -0.15) is 5.10 Å². The van der Waals surface area contributed by atoms with E-state index < -0.39 is 17.7 Å². The molecule has 6 heteroatoms. The standard InChI is InChI=1S/C18H25N3O3/c1-18(2,3)24-17(23)20-16(12-22)9-13-6-5-7-14(8-13)15-10-19-21(4)11-15/h5-8,10-11,16,22H,9,12H2,1-4H3,(H,20,23)/t16-/m0/s1. The van der Waals surface area contributed by atoms with E-state index in [4.69, 9.17) is 4.74 Å². The Morgan fingerprint density at radius 3 is 2.71 bits per heavy atom. The third-order valence-electron chi connectivity index (χ3n) is 3.39. The molecular formula is C18H25N3O3. The van der Waals surface area contributed by atoms with Gasteiger partial charge in [0, 0.05) is 18.8 Å². The molecule has 0 saturated carbocycles. The van der Waals surface area contributed by atoms with Gasteiger partial charge in [-0.1, -0.05) is 24.3 Å². The molecular weight excluding hydrogens is 306 g/mol. The Bertz CT molecular complexity index is 689. The Hall–Kier alpha value is -2.34. The molecule has 0 aliphatic carbocycles. The number of aromatic nitrogens is 2. The number of rotatable bonds is 5. The van der Waals surface area contributed by atoms with Gasteiger partial charge in [-0.15, -0.1) is 0 Å². The second kappa shape index (κ2) is 7.49. The van der Waals surface area contributed by atoms with Gasteiger partial charge in [0.05, 0.1) is 18.8 Å². The van der Waals surface area contributed by atoms with Crippen LogP contribution < -0.4 is 5.32 Å². The molecule has 2 aromatic rings. The van der Waals surface area contributed by atoms with Gasteiger partial charge in [0.1, 0.15) is 5.60 Å². The minimum atomic E-state index is -0.565. The number of hydrogen-bond donors (Lipinski definition) is 2. The van der Waals surface area contributed by atoms with Crippen LogP contribution in [-0.2, 0) is 18.2 Å². The van der Waals surface area contributed by atoms with Crippen molar-refractivity contribution >= 4 is 6.09 Å². The van der Waals surface area contributed by atoms with Crippen molar-refractivity contribution in [1.29, 1.82) is 0 Å². The van der Waals surface area contributed by atoms with Gasteiger partial charge in [0.2, 0.25) is 0 Å². The topological polar surface area (TPSA) is 76.4 Å². The molecule has 6 nitrogen and oxygen atoms in total. The second-order valence-electron chi connectivity index (χ2n) is 6.83. The number of ether oxygens (including phenoxy) is 1. The van der Waals surface area contributed by atoms with Crippen LogP contribution in [0, 0.1) is 0 Å². The van der Waals surface area contributed by atoms with E-state index >= 15 is 0 Å². The molecule has 130 valence electrons. The SMILES string of the molecule is Cn1cc(-c2cccc(C[C@@H](CO)NC(=O)OC(C)(C)C)c2)cn1. The number of aryl methyl sites for hydroxylation is 1. The number of nitrogens with one attached hydrogen (secondary N) is 1. The Kier molecular flexibility index (Phi) is 5.62. The number of alkyl carbamates (subject to hydrolysis) is 1. The normalized spacial score (nSPS) is 12.7. The van der Waals surface area contributed by atoms with Gasteiger partial charge in [0.25, 0.3) is 0 Å². The number of aliphatic hydroxyl groups is 1. The summed E-state index contributed by atoms with van der Waals surface area (Å²) in [5.74, 6) is 0. The molecule has 0 fully saturated rings. The van der Waals surface area contributed by atoms with E-state index in [-0.39, 0.29) is 6.61 Å². The molecule has 1 aromatic heterocycles. The van der Waals surface area contributed by atoms with Crippen molar-refractivity contribution < 1.29 is 14.6 Å². The van der Waals surface area contributed by atoms with E-state index in [1.165, 1.54) is 0 Å². The molecule has 0 radical (unpaired) electrons. The molecule has 0 saturated heterocycles. The monoisotopic (exact) mass is 331 g/mol. The maximum Gasteiger partial charge on any atom is 0.407 e. The van der Waals surface area contributed by atoms with E-state index in [9.17, 15) is 9.90 Å². The van der Waals surface area contributed by atoms with Gasteiger partial charge in [-0.25, -0.2) is 4.79 Å². The van der Waals surface area contributed by atoms with E-state index in [0.29, 0.717) is 6.42 Å². The summed E-state index contributed by atoms with van der Waals surface area (Å²) < 4.78 is 6.98. The van der Waals surface area contributed by atoms with Crippen molar-refractivity contribution in [2.45, 2.75) is 38.8 Å². The molecule has 2 rings (SSSR count). The number of carbonyl (C=O) groups excluding carboxylic acids is 1. The zero-order chi connectivity index (χ0) is 17.7. The average Bonchev–Trinajstić information content (AvgIpc) is 2.91. The summed E-state index contributed by atoms with van der Waals surface area (Å²) in [5, 5.41) is 16.4. The first-order valence-corrected chi connectivity index (χ1v) is 7.95. The highest BCUT2D eigenvalue weighted by Gasteiger charge is 2.19. The predicted molar refractivity (Wildman–Crippen MR) is 92.6 cm³/mol. The van der Waals surface area contributed by atoms with Crippen LogP contribution in [0.5, 0.6) is 0 Å². The number of aliphatic hydroxyl groups excluding tert-OH is 1. The first-order chi connectivity index (χ1) is 11.3. The Morgan fingerprint density at radius 1 is 1.38 bits per heavy atom. The lowest BCUT2D eigenvalue weighted by Gasteiger charge is -2.23. The Labute approximate surface area is 142 Å². The number of carbonyl (C=O) groups is 1. The fourth-order valence-corrected chi connectivity index (χ4v) is 2.37. The highest BCUT2D eigenvalue weighted by Crippen LogP contribution is 2.20. The van der Waals surface area contributed by atoms with Gasteiger partial charge >= 0.3 is 6.09 Å². The Morgan fingerprint density at radius 2 is 2.12 bits per heavy atom. The quantitative estimate of drug-likeness (QED) is 0.883. The third kappa shape index (κ3) is 5.38. The minimum absolute atomic E-state index is 0.156.